The van der Waals surface area contributed by atoms with Gasteiger partial charge in [-0.15, -0.1) is 0 Å². The Morgan fingerprint density at radius 2 is 2.21 bits per heavy atom. The number of ether oxygens (including phenoxy) is 1. The molecule has 0 aromatic carbocycles. The predicted octanol–water partition coefficient (Wildman–Crippen LogP) is 3.69. The van der Waals surface area contributed by atoms with E-state index in [2.05, 4.69) is 5.10 Å². The highest BCUT2D eigenvalue weighted by molar-refractivity contribution is 5.77. The second-order valence-electron chi connectivity index (χ2n) is 8.18. The average Bonchev–Trinajstić information content (AvgIpc) is 3.29. The van der Waals surface area contributed by atoms with Gasteiger partial charge >= 0.3 is 6.09 Å². The van der Waals surface area contributed by atoms with Crippen LogP contribution in [-0.2, 0) is 4.74 Å². The molecule has 1 fully saturated rings. The molecule has 3 aromatic heterocycles. The van der Waals surface area contributed by atoms with Crippen LogP contribution in [0, 0.1) is 0 Å². The van der Waals surface area contributed by atoms with E-state index < -0.39 is 5.60 Å². The topological polar surface area (TPSA) is 98.9 Å². The Kier molecular flexibility index (Phi) is 4.49. The molecule has 1 amide bonds. The number of carbonyl (C=O) groups is 1. The number of piperidine rings is 1. The van der Waals surface area contributed by atoms with Crippen LogP contribution in [0.3, 0.4) is 0 Å². The van der Waals surface area contributed by atoms with E-state index in [4.69, 9.17) is 19.9 Å². The molecule has 4 rings (SSSR count). The number of rotatable bonds is 2. The molecule has 3 aromatic rings. The Bertz CT molecular complexity index is 987. The van der Waals surface area contributed by atoms with E-state index in [9.17, 15) is 4.79 Å². The molecule has 148 valence electrons. The highest BCUT2D eigenvalue weighted by Gasteiger charge is 2.29. The summed E-state index contributed by atoms with van der Waals surface area (Å²) in [6, 6.07) is 3.72. The van der Waals surface area contributed by atoms with Crippen molar-refractivity contribution in [1.82, 2.24) is 19.5 Å². The number of hydrogen-bond donors (Lipinski definition) is 1. The third-order valence-corrected chi connectivity index (χ3v) is 4.84. The Hall–Kier alpha value is -3.03. The largest absolute Gasteiger partial charge is 0.472 e. The van der Waals surface area contributed by atoms with Crippen molar-refractivity contribution in [2.24, 2.45) is 0 Å². The summed E-state index contributed by atoms with van der Waals surface area (Å²) < 4.78 is 12.3. The van der Waals surface area contributed by atoms with Gasteiger partial charge in [-0.1, -0.05) is 0 Å². The highest BCUT2D eigenvalue weighted by atomic mass is 16.6. The monoisotopic (exact) mass is 383 g/mol. The summed E-state index contributed by atoms with van der Waals surface area (Å²) in [5.41, 5.74) is 9.04. The molecule has 4 heterocycles. The molecule has 0 radical (unpaired) electrons. The quantitative estimate of drug-likeness (QED) is 0.725. The molecule has 0 bridgehead atoms. The zero-order valence-corrected chi connectivity index (χ0v) is 16.4. The first-order valence-electron chi connectivity index (χ1n) is 9.46. The second-order valence-corrected chi connectivity index (χ2v) is 8.18. The van der Waals surface area contributed by atoms with Gasteiger partial charge in [0.05, 0.1) is 24.4 Å². The normalized spacial score (nSPS) is 17.8. The molecule has 0 spiro atoms. The molecule has 8 nitrogen and oxygen atoms in total. The summed E-state index contributed by atoms with van der Waals surface area (Å²) in [6.07, 6.45) is 6.57. The smallest absolute Gasteiger partial charge is 0.410 e. The fourth-order valence-electron chi connectivity index (χ4n) is 3.55. The summed E-state index contributed by atoms with van der Waals surface area (Å²) in [4.78, 5) is 19.1. The molecule has 28 heavy (non-hydrogen) atoms. The van der Waals surface area contributed by atoms with Crippen molar-refractivity contribution in [3.63, 3.8) is 0 Å². The van der Waals surface area contributed by atoms with E-state index in [1.807, 2.05) is 32.9 Å². The zero-order chi connectivity index (χ0) is 19.9. The summed E-state index contributed by atoms with van der Waals surface area (Å²) >= 11 is 0. The lowest BCUT2D eigenvalue weighted by atomic mass is 9.94. The van der Waals surface area contributed by atoms with Crippen LogP contribution in [0.5, 0.6) is 0 Å². The number of likely N-dealkylation sites (tertiary alicyclic amines) is 1. The molecule has 1 saturated heterocycles. The first-order chi connectivity index (χ1) is 13.3. The Morgan fingerprint density at radius 1 is 1.39 bits per heavy atom. The number of hydrogen-bond acceptors (Lipinski definition) is 6. The Balaban J connectivity index is 1.63. The van der Waals surface area contributed by atoms with E-state index in [-0.39, 0.29) is 12.0 Å². The Labute approximate surface area is 163 Å². The van der Waals surface area contributed by atoms with Crippen LogP contribution in [0.15, 0.2) is 35.3 Å². The van der Waals surface area contributed by atoms with Crippen molar-refractivity contribution in [2.45, 2.75) is 45.1 Å². The number of anilines is 1. The molecule has 0 saturated carbocycles. The average molecular weight is 383 g/mol. The summed E-state index contributed by atoms with van der Waals surface area (Å²) in [6.45, 7) is 6.88. The van der Waals surface area contributed by atoms with Gasteiger partial charge in [0.25, 0.3) is 0 Å². The van der Waals surface area contributed by atoms with Crippen molar-refractivity contribution in [3.05, 3.63) is 36.5 Å². The maximum absolute atomic E-state index is 12.5. The van der Waals surface area contributed by atoms with Crippen molar-refractivity contribution in [1.29, 1.82) is 0 Å². The minimum atomic E-state index is -0.511. The van der Waals surface area contributed by atoms with E-state index >= 15 is 0 Å². The van der Waals surface area contributed by atoms with Gasteiger partial charge in [-0.3, -0.25) is 0 Å². The van der Waals surface area contributed by atoms with Crippen molar-refractivity contribution in [3.8, 4) is 11.1 Å². The third-order valence-electron chi connectivity index (χ3n) is 4.84. The van der Waals surface area contributed by atoms with Gasteiger partial charge in [-0.05, 0) is 39.7 Å². The SMILES string of the molecule is CC(C)(C)OC(=O)N1CCCC(c2cc(N)n3ncc(-c4ccoc4)c3n2)C1. The predicted molar refractivity (Wildman–Crippen MR) is 105 cm³/mol. The van der Waals surface area contributed by atoms with Gasteiger partial charge in [-0.25, -0.2) is 9.78 Å². The van der Waals surface area contributed by atoms with Crippen LogP contribution in [0.25, 0.3) is 16.8 Å². The number of nitrogens with zero attached hydrogens (tertiary/aromatic N) is 4. The fraction of sp³-hybridized carbons (Fsp3) is 0.450. The van der Waals surface area contributed by atoms with Gasteiger partial charge in [0, 0.05) is 36.2 Å². The van der Waals surface area contributed by atoms with Crippen LogP contribution in [0.1, 0.15) is 45.2 Å². The summed E-state index contributed by atoms with van der Waals surface area (Å²) in [7, 11) is 0. The number of aromatic nitrogens is 3. The summed E-state index contributed by atoms with van der Waals surface area (Å²) in [5.74, 6) is 0.616. The molecule has 2 N–H and O–H groups in total. The van der Waals surface area contributed by atoms with E-state index in [0.29, 0.717) is 24.6 Å². The zero-order valence-electron chi connectivity index (χ0n) is 16.4. The minimum absolute atomic E-state index is 0.0978. The number of amides is 1. The van der Waals surface area contributed by atoms with Crippen LogP contribution in [0.4, 0.5) is 10.6 Å². The standard InChI is InChI=1S/C20H25N5O3/c1-20(2,3)28-19(26)24-7-4-5-13(11-24)16-9-17(21)25-18(23-16)15(10-22-25)14-6-8-27-12-14/h6,8-10,12-13H,4-5,7,11,21H2,1-3H3. The van der Waals surface area contributed by atoms with E-state index in [1.165, 1.54) is 0 Å². The molecule has 1 atom stereocenters. The summed E-state index contributed by atoms with van der Waals surface area (Å²) in [5, 5.41) is 4.35. The number of nitrogens with two attached hydrogens (primary N) is 1. The van der Waals surface area contributed by atoms with Gasteiger partial charge in [-0.2, -0.15) is 9.61 Å². The van der Waals surface area contributed by atoms with Crippen LogP contribution in [-0.4, -0.2) is 44.3 Å². The maximum atomic E-state index is 12.5. The maximum Gasteiger partial charge on any atom is 0.410 e. The highest BCUT2D eigenvalue weighted by Crippen LogP contribution is 2.31. The van der Waals surface area contributed by atoms with Crippen LogP contribution in [0.2, 0.25) is 0 Å². The van der Waals surface area contributed by atoms with E-state index in [1.54, 1.807) is 28.1 Å². The fourth-order valence-corrected chi connectivity index (χ4v) is 3.55. The Morgan fingerprint density at radius 3 is 2.93 bits per heavy atom. The second kappa shape index (κ2) is 6.85. The molecule has 1 aliphatic rings. The van der Waals surface area contributed by atoms with Crippen LogP contribution < -0.4 is 5.73 Å². The van der Waals surface area contributed by atoms with E-state index in [0.717, 1.165) is 29.7 Å². The molecule has 1 aliphatic heterocycles. The lowest BCUT2D eigenvalue weighted by Gasteiger charge is -2.34. The van der Waals surface area contributed by atoms with Gasteiger partial charge in [0.2, 0.25) is 0 Å². The van der Waals surface area contributed by atoms with Crippen molar-refractivity contribution >= 4 is 17.6 Å². The minimum Gasteiger partial charge on any atom is -0.472 e. The number of nitrogen functional groups attached to an aromatic ring is 1. The van der Waals surface area contributed by atoms with Gasteiger partial charge in [0.15, 0.2) is 5.65 Å². The third kappa shape index (κ3) is 3.54. The van der Waals surface area contributed by atoms with Gasteiger partial charge < -0.3 is 19.8 Å². The van der Waals surface area contributed by atoms with Crippen molar-refractivity contribution in [2.75, 3.05) is 18.8 Å². The lowest BCUT2D eigenvalue weighted by Crippen LogP contribution is -2.42. The van der Waals surface area contributed by atoms with Crippen LogP contribution >= 0.6 is 0 Å². The molecule has 0 aliphatic carbocycles. The number of furan rings is 1. The molecular formula is C20H25N5O3. The number of carbonyl (C=O) groups excluding carboxylic acids is 1. The van der Waals surface area contributed by atoms with Crippen molar-refractivity contribution < 1.29 is 13.9 Å². The molecular weight excluding hydrogens is 358 g/mol. The molecule has 1 unspecified atom stereocenters. The molecule has 8 heteroatoms. The first-order valence-corrected chi connectivity index (χ1v) is 9.46. The number of fused-ring (bicyclic) bond motifs is 1. The lowest BCUT2D eigenvalue weighted by molar-refractivity contribution is 0.0197. The van der Waals surface area contributed by atoms with Gasteiger partial charge in [0.1, 0.15) is 11.4 Å². The first kappa shape index (κ1) is 18.3.